The zero-order chi connectivity index (χ0) is 7.68. The second-order valence-corrected chi connectivity index (χ2v) is 4.04. The predicted molar refractivity (Wildman–Crippen MR) is 44.4 cm³/mol. The number of aliphatic hydroxyl groups excluding tert-OH is 1. The molecule has 3 aliphatic rings. The van der Waals surface area contributed by atoms with Crippen LogP contribution < -0.4 is 0 Å². The number of piperidine rings is 2. The summed E-state index contributed by atoms with van der Waals surface area (Å²) in [6, 6.07) is 0. The first-order valence-corrected chi connectivity index (χ1v) is 4.71. The molecule has 0 amide bonds. The summed E-state index contributed by atoms with van der Waals surface area (Å²) >= 11 is 0. The van der Waals surface area contributed by atoms with Gasteiger partial charge in [0.15, 0.2) is 0 Å². The number of aliphatic hydroxyl groups is 1. The molecule has 1 N–H and O–H groups in total. The molecular weight excluding hydrogens is 138 g/mol. The fourth-order valence-corrected chi connectivity index (χ4v) is 2.45. The molecule has 64 valence electrons. The van der Waals surface area contributed by atoms with Gasteiger partial charge >= 0.3 is 0 Å². The Balaban J connectivity index is 1.70. The second-order valence-electron chi connectivity index (χ2n) is 4.04. The van der Waals surface area contributed by atoms with E-state index < -0.39 is 0 Å². The monoisotopic (exact) mass is 155 g/mol. The van der Waals surface area contributed by atoms with Crippen LogP contribution in [0, 0.1) is 11.8 Å². The topological polar surface area (TPSA) is 23.5 Å². The van der Waals surface area contributed by atoms with E-state index in [1.165, 1.54) is 25.9 Å². The smallest absolute Gasteiger partial charge is 0.0443 e. The minimum Gasteiger partial charge on any atom is -0.396 e. The van der Waals surface area contributed by atoms with Gasteiger partial charge in [-0.05, 0) is 31.1 Å². The van der Waals surface area contributed by atoms with Crippen molar-refractivity contribution >= 4 is 0 Å². The van der Waals surface area contributed by atoms with E-state index in [9.17, 15) is 0 Å². The quantitative estimate of drug-likeness (QED) is 0.649. The molecule has 0 aromatic carbocycles. The average molecular weight is 155 g/mol. The zero-order valence-corrected chi connectivity index (χ0v) is 7.00. The summed E-state index contributed by atoms with van der Waals surface area (Å²) in [5, 5.41) is 8.65. The Morgan fingerprint density at radius 1 is 1.18 bits per heavy atom. The fraction of sp³-hybridized carbons (Fsp3) is 1.00. The van der Waals surface area contributed by atoms with Gasteiger partial charge in [0.1, 0.15) is 0 Å². The number of hydrogen-bond donors (Lipinski definition) is 1. The van der Waals surface area contributed by atoms with Gasteiger partial charge in [-0.1, -0.05) is 0 Å². The maximum atomic E-state index is 8.65. The van der Waals surface area contributed by atoms with E-state index in [1.54, 1.807) is 0 Å². The SMILES string of the molecule is OCCCN1CC2CC(C2)C1. The average Bonchev–Trinajstić information content (AvgIpc) is 2.00. The highest BCUT2D eigenvalue weighted by atomic mass is 16.3. The van der Waals surface area contributed by atoms with Crippen LogP contribution in [0.1, 0.15) is 19.3 Å². The molecule has 2 aliphatic heterocycles. The van der Waals surface area contributed by atoms with Crippen LogP contribution in [-0.2, 0) is 0 Å². The largest absolute Gasteiger partial charge is 0.396 e. The van der Waals surface area contributed by atoms with Gasteiger partial charge in [-0.25, -0.2) is 0 Å². The third-order valence-electron chi connectivity index (χ3n) is 3.00. The Morgan fingerprint density at radius 2 is 1.82 bits per heavy atom. The number of rotatable bonds is 3. The third kappa shape index (κ3) is 1.57. The Morgan fingerprint density at radius 3 is 2.36 bits per heavy atom. The maximum Gasteiger partial charge on any atom is 0.0443 e. The number of fused-ring (bicyclic) bond motifs is 2. The zero-order valence-electron chi connectivity index (χ0n) is 7.00. The van der Waals surface area contributed by atoms with Crippen LogP contribution in [0.25, 0.3) is 0 Å². The Labute approximate surface area is 68.2 Å². The summed E-state index contributed by atoms with van der Waals surface area (Å²) in [5.74, 6) is 2.01. The normalized spacial score (nSPS) is 36.8. The van der Waals surface area contributed by atoms with E-state index in [-0.39, 0.29) is 0 Å². The molecule has 1 aliphatic carbocycles. The summed E-state index contributed by atoms with van der Waals surface area (Å²) in [4.78, 5) is 2.51. The van der Waals surface area contributed by atoms with Crippen molar-refractivity contribution in [3.63, 3.8) is 0 Å². The van der Waals surface area contributed by atoms with Crippen molar-refractivity contribution in [3.05, 3.63) is 0 Å². The third-order valence-corrected chi connectivity index (χ3v) is 3.00. The summed E-state index contributed by atoms with van der Waals surface area (Å²) in [7, 11) is 0. The molecule has 3 rings (SSSR count). The highest BCUT2D eigenvalue weighted by Crippen LogP contribution is 2.39. The van der Waals surface area contributed by atoms with Gasteiger partial charge in [-0.2, -0.15) is 0 Å². The van der Waals surface area contributed by atoms with Crippen LogP contribution >= 0.6 is 0 Å². The molecule has 2 saturated heterocycles. The fourth-order valence-electron chi connectivity index (χ4n) is 2.45. The Hall–Kier alpha value is -0.0800. The van der Waals surface area contributed by atoms with Crippen molar-refractivity contribution in [1.82, 2.24) is 4.90 Å². The molecule has 0 radical (unpaired) electrons. The van der Waals surface area contributed by atoms with Crippen LogP contribution in [0.3, 0.4) is 0 Å². The lowest BCUT2D eigenvalue weighted by Crippen LogP contribution is -2.48. The van der Waals surface area contributed by atoms with Gasteiger partial charge in [-0.15, -0.1) is 0 Å². The van der Waals surface area contributed by atoms with Crippen LogP contribution in [0.4, 0.5) is 0 Å². The lowest BCUT2D eigenvalue weighted by atomic mass is 9.71. The lowest BCUT2D eigenvalue weighted by molar-refractivity contribution is 0.0246. The van der Waals surface area contributed by atoms with Crippen LogP contribution in [0.5, 0.6) is 0 Å². The minimum atomic E-state index is 0.353. The van der Waals surface area contributed by atoms with Crippen molar-refractivity contribution < 1.29 is 5.11 Å². The van der Waals surface area contributed by atoms with E-state index in [0.717, 1.165) is 24.8 Å². The number of nitrogens with zero attached hydrogens (tertiary/aromatic N) is 1. The summed E-state index contributed by atoms with van der Waals surface area (Å²) in [6.45, 7) is 4.07. The van der Waals surface area contributed by atoms with Gasteiger partial charge in [0.05, 0.1) is 0 Å². The van der Waals surface area contributed by atoms with E-state index in [0.29, 0.717) is 6.61 Å². The van der Waals surface area contributed by atoms with Gasteiger partial charge in [-0.3, -0.25) is 0 Å². The highest BCUT2D eigenvalue weighted by Gasteiger charge is 2.36. The minimum absolute atomic E-state index is 0.353. The van der Waals surface area contributed by atoms with Crippen molar-refractivity contribution in [1.29, 1.82) is 0 Å². The molecule has 2 heteroatoms. The first-order valence-electron chi connectivity index (χ1n) is 4.71. The van der Waals surface area contributed by atoms with Crippen molar-refractivity contribution in [2.24, 2.45) is 11.8 Å². The molecule has 0 spiro atoms. The second kappa shape index (κ2) is 3.11. The van der Waals surface area contributed by atoms with Crippen LogP contribution in [0.2, 0.25) is 0 Å². The van der Waals surface area contributed by atoms with E-state index >= 15 is 0 Å². The van der Waals surface area contributed by atoms with E-state index in [2.05, 4.69) is 4.90 Å². The lowest BCUT2D eigenvalue weighted by Gasteiger charge is -2.47. The molecule has 0 atom stereocenters. The molecule has 3 fully saturated rings. The standard InChI is InChI=1S/C9H17NO/c11-3-1-2-10-6-8-4-9(5-8)7-10/h8-9,11H,1-7H2. The van der Waals surface area contributed by atoms with Gasteiger partial charge in [0.25, 0.3) is 0 Å². The summed E-state index contributed by atoms with van der Waals surface area (Å²) < 4.78 is 0. The first-order chi connectivity index (χ1) is 5.38. The van der Waals surface area contributed by atoms with E-state index in [4.69, 9.17) is 5.11 Å². The van der Waals surface area contributed by atoms with Crippen molar-refractivity contribution in [2.45, 2.75) is 19.3 Å². The molecule has 0 aromatic rings. The highest BCUT2D eigenvalue weighted by molar-refractivity contribution is 4.89. The predicted octanol–water partition coefficient (Wildman–Crippen LogP) is 0.711. The van der Waals surface area contributed by atoms with Crippen molar-refractivity contribution in [3.8, 4) is 0 Å². The Bertz CT molecular complexity index is 122. The van der Waals surface area contributed by atoms with E-state index in [1.807, 2.05) is 0 Å². The van der Waals surface area contributed by atoms with Crippen molar-refractivity contribution in [2.75, 3.05) is 26.2 Å². The van der Waals surface area contributed by atoms with Gasteiger partial charge in [0, 0.05) is 26.2 Å². The molecule has 11 heavy (non-hydrogen) atoms. The van der Waals surface area contributed by atoms with Gasteiger partial charge < -0.3 is 10.0 Å². The molecular formula is C9H17NO. The van der Waals surface area contributed by atoms with Crippen LogP contribution in [0.15, 0.2) is 0 Å². The molecule has 2 bridgehead atoms. The molecule has 2 nitrogen and oxygen atoms in total. The maximum absolute atomic E-state index is 8.65. The molecule has 0 unspecified atom stereocenters. The summed E-state index contributed by atoms with van der Waals surface area (Å²) in [6.07, 6.45) is 3.92. The van der Waals surface area contributed by atoms with Crippen LogP contribution in [-0.4, -0.2) is 36.2 Å². The summed E-state index contributed by atoms with van der Waals surface area (Å²) in [5.41, 5.74) is 0. The Kier molecular flexibility index (Phi) is 2.14. The van der Waals surface area contributed by atoms with Gasteiger partial charge in [0.2, 0.25) is 0 Å². The number of hydrogen-bond acceptors (Lipinski definition) is 2. The first kappa shape index (κ1) is 7.56. The molecule has 1 saturated carbocycles. The molecule has 2 heterocycles. The molecule has 0 aromatic heterocycles.